The molecule has 0 heterocycles. The van der Waals surface area contributed by atoms with E-state index >= 15 is 0 Å². The molecule has 0 aliphatic carbocycles. The van der Waals surface area contributed by atoms with Crippen LogP contribution in [0.3, 0.4) is 0 Å². The van der Waals surface area contributed by atoms with Crippen molar-refractivity contribution in [2.45, 2.75) is 25.7 Å². The van der Waals surface area contributed by atoms with Gasteiger partial charge in [0.15, 0.2) is 5.78 Å². The fourth-order valence-electron chi connectivity index (χ4n) is 2.25. The summed E-state index contributed by atoms with van der Waals surface area (Å²) in [6, 6.07) is 7.83. The van der Waals surface area contributed by atoms with Crippen LogP contribution in [0.4, 0.5) is 32.0 Å². The smallest absolute Gasteiger partial charge is 0.362 e. The summed E-state index contributed by atoms with van der Waals surface area (Å²) in [5.74, 6) is -0.437. The van der Waals surface area contributed by atoms with Crippen LogP contribution >= 0.6 is 0 Å². The van der Waals surface area contributed by atoms with Crippen molar-refractivity contribution in [2.24, 2.45) is 0 Å². The number of carbonyl (C=O) groups excluding carboxylic acids is 1. The van der Waals surface area contributed by atoms with Crippen LogP contribution in [-0.4, -0.2) is 5.78 Å². The van der Waals surface area contributed by atoms with Crippen molar-refractivity contribution in [1.82, 2.24) is 0 Å². The summed E-state index contributed by atoms with van der Waals surface area (Å²) in [4.78, 5) is 12.0. The predicted molar refractivity (Wildman–Crippen MR) is 89.4 cm³/mol. The summed E-state index contributed by atoms with van der Waals surface area (Å²) in [5.41, 5.74) is -1.92. The third-order valence-corrected chi connectivity index (χ3v) is 3.72. The molecule has 144 valence electrons. The molecule has 2 nitrogen and oxygen atoms in total. The topological polar surface area (TPSA) is 29.1 Å². The summed E-state index contributed by atoms with van der Waals surface area (Å²) < 4.78 is 76.8. The Kier molecular flexibility index (Phi) is 5.98. The van der Waals surface area contributed by atoms with E-state index in [-0.39, 0.29) is 6.07 Å². The molecule has 27 heavy (non-hydrogen) atoms. The molecule has 2 rings (SSSR count). The Bertz CT molecular complexity index is 803. The lowest BCUT2D eigenvalue weighted by Gasteiger charge is -2.14. The molecule has 0 bridgehead atoms. The van der Waals surface area contributed by atoms with Crippen LogP contribution in [-0.2, 0) is 18.8 Å². The number of hydrogen-bond donors (Lipinski definition) is 1. The molecule has 0 saturated heterocycles. The van der Waals surface area contributed by atoms with Gasteiger partial charge >= 0.3 is 12.4 Å². The van der Waals surface area contributed by atoms with Crippen LogP contribution in [0.1, 0.15) is 34.0 Å². The van der Waals surface area contributed by atoms with Gasteiger partial charge in [0.25, 0.3) is 0 Å². The molecule has 0 aliphatic heterocycles. The van der Waals surface area contributed by atoms with Crippen molar-refractivity contribution in [1.29, 1.82) is 0 Å². The summed E-state index contributed by atoms with van der Waals surface area (Å²) in [5, 5.41) is 2.29. The Labute approximate surface area is 151 Å². The highest BCUT2D eigenvalue weighted by Crippen LogP contribution is 2.37. The second-order valence-corrected chi connectivity index (χ2v) is 5.69. The second kappa shape index (κ2) is 7.85. The molecule has 0 radical (unpaired) electrons. The van der Waals surface area contributed by atoms with Crippen molar-refractivity contribution in [3.05, 3.63) is 77.0 Å². The molecule has 2 aromatic carbocycles. The van der Waals surface area contributed by atoms with Crippen molar-refractivity contribution in [3.8, 4) is 0 Å². The molecule has 0 atom stereocenters. The fourth-order valence-corrected chi connectivity index (χ4v) is 2.25. The predicted octanol–water partition coefficient (Wildman–Crippen LogP) is 6.10. The number of hydrogen-bond acceptors (Lipinski definition) is 2. The van der Waals surface area contributed by atoms with E-state index in [1.54, 1.807) is 24.3 Å². The first-order valence-electron chi connectivity index (χ1n) is 7.86. The van der Waals surface area contributed by atoms with Gasteiger partial charge in [-0.3, -0.25) is 4.79 Å². The van der Waals surface area contributed by atoms with E-state index < -0.39 is 35.0 Å². The molecule has 0 aliphatic rings. The Hall–Kier alpha value is -2.77. The monoisotopic (exact) mass is 387 g/mol. The minimum atomic E-state index is -4.93. The van der Waals surface area contributed by atoms with Gasteiger partial charge in [0.1, 0.15) is 0 Å². The largest absolute Gasteiger partial charge is 0.416 e. The summed E-state index contributed by atoms with van der Waals surface area (Å²) in [6.45, 7) is 1.95. The van der Waals surface area contributed by atoms with E-state index in [1.807, 2.05) is 6.92 Å². The number of alkyl halides is 6. The normalized spacial score (nSPS) is 12.4. The van der Waals surface area contributed by atoms with Crippen LogP contribution in [0.15, 0.2) is 54.7 Å². The van der Waals surface area contributed by atoms with Crippen LogP contribution in [0.5, 0.6) is 0 Å². The lowest BCUT2D eigenvalue weighted by atomic mass is 10.1. The second-order valence-electron chi connectivity index (χ2n) is 5.69. The van der Waals surface area contributed by atoms with Gasteiger partial charge in [-0.25, -0.2) is 0 Å². The van der Waals surface area contributed by atoms with Gasteiger partial charge in [-0.15, -0.1) is 0 Å². The van der Waals surface area contributed by atoms with Gasteiger partial charge in [-0.2, -0.15) is 26.3 Å². The summed E-state index contributed by atoms with van der Waals surface area (Å²) >= 11 is 0. The Morgan fingerprint density at radius 2 is 1.44 bits per heavy atom. The molecule has 0 amide bonds. The minimum absolute atomic E-state index is 0.0370. The average molecular weight is 387 g/mol. The average Bonchev–Trinajstić information content (AvgIpc) is 2.60. The molecule has 0 spiro atoms. The Morgan fingerprint density at radius 3 is 1.89 bits per heavy atom. The van der Waals surface area contributed by atoms with Crippen molar-refractivity contribution in [2.75, 3.05) is 5.32 Å². The van der Waals surface area contributed by atoms with Crippen molar-refractivity contribution in [3.63, 3.8) is 0 Å². The molecule has 0 unspecified atom stereocenters. The summed E-state index contributed by atoms with van der Waals surface area (Å²) in [6.07, 6.45) is -7.03. The van der Waals surface area contributed by atoms with Crippen molar-refractivity contribution < 1.29 is 31.1 Å². The number of ketones is 1. The molecule has 0 aromatic heterocycles. The molecular weight excluding hydrogens is 372 g/mol. The number of allylic oxidation sites excluding steroid dienone is 1. The standard InChI is InChI=1S/C19H15F6NO/c1-2-12-3-5-13(6-4-12)17(27)7-8-26-16-10-14(18(20,21)22)9-15(11-16)19(23,24)25/h3-11,26H,2H2,1H3/b8-7+. The zero-order chi connectivity index (χ0) is 20.2. The molecule has 0 fully saturated rings. The van der Waals surface area contributed by atoms with Gasteiger partial charge < -0.3 is 5.32 Å². The number of aryl methyl sites for hydroxylation is 1. The maximum Gasteiger partial charge on any atom is 0.416 e. The highest BCUT2D eigenvalue weighted by Gasteiger charge is 2.36. The Balaban J connectivity index is 2.20. The third kappa shape index (κ3) is 5.60. The van der Waals surface area contributed by atoms with E-state index in [2.05, 4.69) is 5.32 Å². The van der Waals surface area contributed by atoms with E-state index in [0.29, 0.717) is 17.7 Å². The molecule has 8 heteroatoms. The quantitative estimate of drug-likeness (QED) is 0.382. The van der Waals surface area contributed by atoms with Gasteiger partial charge in [0.05, 0.1) is 11.1 Å². The van der Waals surface area contributed by atoms with Crippen molar-refractivity contribution >= 4 is 11.5 Å². The van der Waals surface area contributed by atoms with Crippen LogP contribution < -0.4 is 5.32 Å². The zero-order valence-electron chi connectivity index (χ0n) is 14.1. The van der Waals surface area contributed by atoms with Crippen LogP contribution in [0, 0.1) is 0 Å². The number of carbonyl (C=O) groups is 1. The van der Waals surface area contributed by atoms with E-state index in [4.69, 9.17) is 0 Å². The first-order valence-corrected chi connectivity index (χ1v) is 7.86. The molecule has 1 N–H and O–H groups in total. The zero-order valence-corrected chi connectivity index (χ0v) is 14.1. The fraction of sp³-hybridized carbons (Fsp3) is 0.211. The number of nitrogens with one attached hydrogen (secondary N) is 1. The molecule has 2 aromatic rings. The van der Waals surface area contributed by atoms with Gasteiger partial charge in [0.2, 0.25) is 0 Å². The van der Waals surface area contributed by atoms with E-state index in [9.17, 15) is 31.1 Å². The van der Waals surface area contributed by atoms with Crippen LogP contribution in [0.2, 0.25) is 0 Å². The maximum atomic E-state index is 12.8. The van der Waals surface area contributed by atoms with Gasteiger partial charge in [0, 0.05) is 23.5 Å². The highest BCUT2D eigenvalue weighted by atomic mass is 19.4. The highest BCUT2D eigenvalue weighted by molar-refractivity contribution is 6.04. The summed E-state index contributed by atoms with van der Waals surface area (Å²) in [7, 11) is 0. The minimum Gasteiger partial charge on any atom is -0.362 e. The van der Waals surface area contributed by atoms with E-state index in [1.165, 1.54) is 0 Å². The molecular formula is C19H15F6NO. The third-order valence-electron chi connectivity index (χ3n) is 3.72. The maximum absolute atomic E-state index is 12.8. The lowest BCUT2D eigenvalue weighted by Crippen LogP contribution is -2.11. The Morgan fingerprint density at radius 1 is 0.926 bits per heavy atom. The first-order chi connectivity index (χ1) is 12.5. The number of benzene rings is 2. The molecule has 0 saturated carbocycles. The number of anilines is 1. The van der Waals surface area contributed by atoms with Gasteiger partial charge in [-0.1, -0.05) is 31.2 Å². The lowest BCUT2D eigenvalue weighted by molar-refractivity contribution is -0.143. The van der Waals surface area contributed by atoms with Gasteiger partial charge in [-0.05, 0) is 30.2 Å². The first kappa shape index (κ1) is 20.5. The SMILES string of the molecule is CCc1ccc(C(=O)/C=C/Nc2cc(C(F)(F)F)cc(C(F)(F)F)c2)cc1. The van der Waals surface area contributed by atoms with Crippen LogP contribution in [0.25, 0.3) is 0 Å². The van der Waals surface area contributed by atoms with E-state index in [0.717, 1.165) is 24.3 Å². The number of halogens is 6. The number of rotatable bonds is 5.